The number of hydrogen-bond donors (Lipinski definition) is 0. The van der Waals surface area contributed by atoms with Gasteiger partial charge in [-0.2, -0.15) is 5.26 Å². The SMILES string of the molecule is N#Cc1ccc(B2Oc3ccc(N(c4cc#ccc4)c4ccccc4)cc3O2)cc1. The average Bonchev–Trinajstić information content (AvgIpc) is 3.24. The van der Waals surface area contributed by atoms with Gasteiger partial charge < -0.3 is 14.2 Å². The molecule has 4 aromatic carbocycles. The number of fused-ring (bicyclic) bond motifs is 1. The maximum atomic E-state index is 8.98. The first-order valence-electron chi connectivity index (χ1n) is 9.52. The molecule has 1 aliphatic rings. The summed E-state index contributed by atoms with van der Waals surface area (Å²) in [6, 6.07) is 37.1. The van der Waals surface area contributed by atoms with Gasteiger partial charge in [0.2, 0.25) is 0 Å². The molecule has 0 radical (unpaired) electrons. The van der Waals surface area contributed by atoms with Crippen LogP contribution in [-0.2, 0) is 0 Å². The largest absolute Gasteiger partial charge is 0.632 e. The van der Waals surface area contributed by atoms with E-state index in [0.717, 1.165) is 22.5 Å². The Balaban J connectivity index is 1.49. The molecule has 0 saturated heterocycles. The molecule has 30 heavy (non-hydrogen) atoms. The summed E-state index contributed by atoms with van der Waals surface area (Å²) in [5.41, 5.74) is 4.41. The van der Waals surface area contributed by atoms with Gasteiger partial charge in [0.1, 0.15) is 11.5 Å². The molecule has 0 spiro atoms. The second-order valence-electron chi connectivity index (χ2n) is 6.79. The Hall–Kier alpha value is -4.35. The number of para-hydroxylation sites is 1. The summed E-state index contributed by atoms with van der Waals surface area (Å²) < 4.78 is 12.1. The summed E-state index contributed by atoms with van der Waals surface area (Å²) >= 11 is 0. The number of benzene rings is 3. The lowest BCUT2D eigenvalue weighted by Crippen LogP contribution is -2.38. The van der Waals surface area contributed by atoms with Crippen molar-refractivity contribution in [2.75, 3.05) is 4.90 Å². The van der Waals surface area contributed by atoms with Crippen molar-refractivity contribution in [2.24, 2.45) is 0 Å². The van der Waals surface area contributed by atoms with E-state index in [9.17, 15) is 0 Å². The van der Waals surface area contributed by atoms with E-state index in [-0.39, 0.29) is 0 Å². The molecule has 0 N–H and O–H groups in total. The van der Waals surface area contributed by atoms with E-state index in [0.29, 0.717) is 17.1 Å². The Morgan fingerprint density at radius 3 is 2.30 bits per heavy atom. The van der Waals surface area contributed by atoms with Gasteiger partial charge >= 0.3 is 7.12 Å². The molecular weight excluding hydrogens is 371 g/mol. The first-order chi connectivity index (χ1) is 14.8. The third-order valence-corrected chi connectivity index (χ3v) is 4.88. The van der Waals surface area contributed by atoms with Crippen LogP contribution in [0.15, 0.2) is 91.0 Å². The van der Waals surface area contributed by atoms with Crippen LogP contribution < -0.4 is 19.7 Å². The molecule has 0 bridgehead atoms. The lowest BCUT2D eigenvalue weighted by atomic mass is 9.79. The van der Waals surface area contributed by atoms with Crippen molar-refractivity contribution >= 4 is 29.6 Å². The van der Waals surface area contributed by atoms with Crippen LogP contribution in [0.5, 0.6) is 11.5 Å². The Labute approximate surface area is 175 Å². The molecule has 4 nitrogen and oxygen atoms in total. The number of hydrogen-bond acceptors (Lipinski definition) is 4. The smallest absolute Gasteiger partial charge is 0.519 e. The second kappa shape index (κ2) is 7.58. The molecule has 5 rings (SSSR count). The number of rotatable bonds is 4. The van der Waals surface area contributed by atoms with Crippen LogP contribution in [-0.4, -0.2) is 7.12 Å². The van der Waals surface area contributed by atoms with Crippen molar-refractivity contribution in [3.63, 3.8) is 0 Å². The molecule has 0 atom stereocenters. The Morgan fingerprint density at radius 1 is 0.767 bits per heavy atom. The van der Waals surface area contributed by atoms with Crippen molar-refractivity contribution < 1.29 is 9.31 Å². The summed E-state index contributed by atoms with van der Waals surface area (Å²) in [6.07, 6.45) is 0. The van der Waals surface area contributed by atoms with Crippen LogP contribution in [0.25, 0.3) is 0 Å². The third-order valence-electron chi connectivity index (χ3n) is 4.88. The van der Waals surface area contributed by atoms with E-state index in [1.807, 2.05) is 66.7 Å². The maximum Gasteiger partial charge on any atom is 0.632 e. The quantitative estimate of drug-likeness (QED) is 0.473. The van der Waals surface area contributed by atoms with E-state index in [4.69, 9.17) is 14.6 Å². The predicted molar refractivity (Wildman–Crippen MR) is 117 cm³/mol. The van der Waals surface area contributed by atoms with Crippen molar-refractivity contribution in [3.05, 3.63) is 109 Å². The number of nitriles is 1. The number of nitrogens with zero attached hydrogens (tertiary/aromatic N) is 2. The normalized spacial score (nSPS) is 11.5. The monoisotopic (exact) mass is 386 g/mol. The highest BCUT2D eigenvalue weighted by atomic mass is 16.6. The first-order valence-corrected chi connectivity index (χ1v) is 9.52. The highest BCUT2D eigenvalue weighted by molar-refractivity contribution is 6.63. The lowest BCUT2D eigenvalue weighted by molar-refractivity contribution is 0.519. The fourth-order valence-corrected chi connectivity index (χ4v) is 3.43. The minimum Gasteiger partial charge on any atom is -0.519 e. The van der Waals surface area contributed by atoms with Gasteiger partial charge in [-0.1, -0.05) is 42.5 Å². The van der Waals surface area contributed by atoms with Crippen molar-refractivity contribution in [2.45, 2.75) is 0 Å². The Bertz CT molecular complexity index is 1170. The minimum absolute atomic E-state index is 0.534. The summed E-state index contributed by atoms with van der Waals surface area (Å²) in [5.74, 6) is 1.36. The van der Waals surface area contributed by atoms with Gasteiger partial charge in [0.15, 0.2) is 0 Å². The highest BCUT2D eigenvalue weighted by Gasteiger charge is 2.34. The van der Waals surface area contributed by atoms with E-state index >= 15 is 0 Å². The molecule has 0 unspecified atom stereocenters. The van der Waals surface area contributed by atoms with Gasteiger partial charge in [-0.25, -0.2) is 0 Å². The fraction of sp³-hybridized carbons (Fsp3) is 0. The molecule has 4 aromatic rings. The maximum absolute atomic E-state index is 8.98. The predicted octanol–water partition coefficient (Wildman–Crippen LogP) is 4.80. The van der Waals surface area contributed by atoms with E-state index in [2.05, 4.69) is 35.2 Å². The molecule has 0 amide bonds. The zero-order valence-electron chi connectivity index (χ0n) is 15.9. The Morgan fingerprint density at radius 2 is 1.57 bits per heavy atom. The minimum atomic E-state index is -0.534. The molecule has 0 saturated carbocycles. The van der Waals surface area contributed by atoms with Crippen LogP contribution in [0.2, 0.25) is 0 Å². The zero-order valence-corrected chi connectivity index (χ0v) is 15.9. The summed E-state index contributed by atoms with van der Waals surface area (Å²) in [7, 11) is -0.534. The van der Waals surface area contributed by atoms with Crippen LogP contribution in [0.3, 0.4) is 0 Å². The number of anilines is 3. The van der Waals surface area contributed by atoms with E-state index in [1.165, 1.54) is 0 Å². The lowest BCUT2D eigenvalue weighted by Gasteiger charge is -2.25. The van der Waals surface area contributed by atoms with Gasteiger partial charge in [0.25, 0.3) is 0 Å². The van der Waals surface area contributed by atoms with Gasteiger partial charge in [-0.05, 0) is 48.5 Å². The summed E-state index contributed by atoms with van der Waals surface area (Å²) in [4.78, 5) is 2.13. The topological polar surface area (TPSA) is 45.5 Å². The van der Waals surface area contributed by atoms with Crippen LogP contribution in [0.4, 0.5) is 17.1 Å². The van der Waals surface area contributed by atoms with Crippen LogP contribution in [0.1, 0.15) is 5.56 Å². The summed E-state index contributed by atoms with van der Waals surface area (Å²) in [5, 5.41) is 8.98. The van der Waals surface area contributed by atoms with Gasteiger partial charge in [-0.3, -0.25) is 0 Å². The first kappa shape index (κ1) is 17.7. The molecule has 0 aliphatic carbocycles. The van der Waals surface area contributed by atoms with Crippen molar-refractivity contribution in [1.82, 2.24) is 0 Å². The van der Waals surface area contributed by atoms with Crippen molar-refractivity contribution in [3.8, 4) is 17.6 Å². The summed E-state index contributed by atoms with van der Waals surface area (Å²) in [6.45, 7) is 0. The van der Waals surface area contributed by atoms with Crippen LogP contribution in [0, 0.1) is 23.5 Å². The molecule has 0 aromatic heterocycles. The standard InChI is InChI=1S/C25H15BN2O2/c27-18-19-11-13-20(14-12-19)26-29-24-16-15-23(17-25(24)30-26)28(21-7-3-1-4-8-21)22-9-5-2-6-10-22/h1,3-5,7-17H. The van der Waals surface area contributed by atoms with Gasteiger partial charge in [-0.15, -0.1) is 0 Å². The van der Waals surface area contributed by atoms with Crippen molar-refractivity contribution in [1.29, 1.82) is 5.26 Å². The fourth-order valence-electron chi connectivity index (χ4n) is 3.43. The molecule has 0 fully saturated rings. The molecule has 140 valence electrons. The van der Waals surface area contributed by atoms with E-state index in [1.54, 1.807) is 12.1 Å². The van der Waals surface area contributed by atoms with Crippen LogP contribution >= 0.6 is 0 Å². The van der Waals surface area contributed by atoms with Gasteiger partial charge in [0, 0.05) is 23.3 Å². The highest BCUT2D eigenvalue weighted by Crippen LogP contribution is 2.41. The zero-order chi connectivity index (χ0) is 20.3. The average molecular weight is 386 g/mol. The molecular formula is C25H15BN2O2. The second-order valence-corrected chi connectivity index (χ2v) is 6.79. The molecule has 1 heterocycles. The molecule has 1 aliphatic heterocycles. The van der Waals surface area contributed by atoms with Gasteiger partial charge in [0.05, 0.1) is 23.0 Å². The van der Waals surface area contributed by atoms with E-state index < -0.39 is 7.12 Å². The molecule has 5 heteroatoms. The third kappa shape index (κ3) is 3.30. The Kier molecular flexibility index (Phi) is 4.48.